The zero-order chi connectivity index (χ0) is 22.9. The average Bonchev–Trinajstić information content (AvgIpc) is 2.77. The van der Waals surface area contributed by atoms with Gasteiger partial charge in [-0.15, -0.1) is 12.4 Å². The zero-order valence-corrected chi connectivity index (χ0v) is 19.8. The summed E-state index contributed by atoms with van der Waals surface area (Å²) in [5.74, 6) is 0.780. The minimum atomic E-state index is -4.30. The summed E-state index contributed by atoms with van der Waals surface area (Å²) in [6.45, 7) is 5.04. The van der Waals surface area contributed by atoms with Crippen LogP contribution in [0.25, 0.3) is 0 Å². The molecular formula is C25H32ClF3N2O2. The first-order valence-electron chi connectivity index (χ1n) is 11.3. The van der Waals surface area contributed by atoms with Crippen molar-refractivity contribution in [2.24, 2.45) is 5.92 Å². The van der Waals surface area contributed by atoms with Gasteiger partial charge in [0, 0.05) is 25.1 Å². The van der Waals surface area contributed by atoms with Crippen LogP contribution in [0.2, 0.25) is 0 Å². The van der Waals surface area contributed by atoms with Crippen LogP contribution in [-0.4, -0.2) is 42.8 Å². The number of piperidine rings is 1. The highest BCUT2D eigenvalue weighted by atomic mass is 35.5. The first-order valence-corrected chi connectivity index (χ1v) is 11.3. The highest BCUT2D eigenvalue weighted by Crippen LogP contribution is 2.40. The van der Waals surface area contributed by atoms with E-state index in [1.807, 2.05) is 20.0 Å². The molecular weight excluding hydrogens is 453 g/mol. The fourth-order valence-corrected chi connectivity index (χ4v) is 4.98. The van der Waals surface area contributed by atoms with E-state index in [9.17, 15) is 18.3 Å². The van der Waals surface area contributed by atoms with Crippen LogP contribution < -0.4 is 5.32 Å². The smallest absolute Gasteiger partial charge is 0.416 e. The number of benzene rings is 2. The monoisotopic (exact) mass is 484 g/mol. The zero-order valence-electron chi connectivity index (χ0n) is 19.0. The van der Waals surface area contributed by atoms with Crippen molar-refractivity contribution >= 4 is 12.4 Å². The summed E-state index contributed by atoms with van der Waals surface area (Å²) in [5, 5.41) is 13.9. The maximum absolute atomic E-state index is 12.8. The second-order valence-corrected chi connectivity index (χ2v) is 9.03. The van der Waals surface area contributed by atoms with Gasteiger partial charge in [-0.05, 0) is 74.6 Å². The molecule has 2 aromatic rings. The lowest BCUT2D eigenvalue weighted by Crippen LogP contribution is -2.42. The number of fused-ring (bicyclic) bond motifs is 1. The second-order valence-electron chi connectivity index (χ2n) is 9.03. The third-order valence-electron chi connectivity index (χ3n) is 6.85. The molecule has 0 aromatic heterocycles. The minimum Gasteiger partial charge on any atom is -0.507 e. The number of phenols is 1. The van der Waals surface area contributed by atoms with Crippen molar-refractivity contribution in [2.75, 3.05) is 26.7 Å². The maximum atomic E-state index is 12.8. The van der Waals surface area contributed by atoms with E-state index in [1.165, 1.54) is 0 Å². The lowest BCUT2D eigenvalue weighted by Gasteiger charge is -2.40. The van der Waals surface area contributed by atoms with Gasteiger partial charge in [0.25, 0.3) is 0 Å². The summed E-state index contributed by atoms with van der Waals surface area (Å²) in [7, 11) is 1.90. The van der Waals surface area contributed by atoms with Gasteiger partial charge >= 0.3 is 6.18 Å². The lowest BCUT2D eigenvalue weighted by atomic mass is 9.83. The predicted molar refractivity (Wildman–Crippen MR) is 125 cm³/mol. The van der Waals surface area contributed by atoms with E-state index in [4.69, 9.17) is 4.74 Å². The van der Waals surface area contributed by atoms with Crippen LogP contribution in [0.4, 0.5) is 13.2 Å². The number of likely N-dealkylation sites (N-methyl/N-ethyl adjacent to an activating group) is 1. The summed E-state index contributed by atoms with van der Waals surface area (Å²) in [6, 6.07) is 9.47. The maximum Gasteiger partial charge on any atom is 0.416 e. The van der Waals surface area contributed by atoms with Gasteiger partial charge in [-0.2, -0.15) is 13.2 Å². The molecule has 0 spiro atoms. The number of likely N-dealkylation sites (tertiary alicyclic amines) is 1. The number of ether oxygens (including phenoxy) is 1. The van der Waals surface area contributed by atoms with Gasteiger partial charge in [0.1, 0.15) is 5.75 Å². The molecule has 2 heterocycles. The molecule has 2 N–H and O–H groups in total. The van der Waals surface area contributed by atoms with Gasteiger partial charge in [0.05, 0.1) is 17.8 Å². The van der Waals surface area contributed by atoms with Gasteiger partial charge in [0.2, 0.25) is 0 Å². The fraction of sp³-hybridized carbons (Fsp3) is 0.520. The van der Waals surface area contributed by atoms with Crippen LogP contribution in [0.15, 0.2) is 36.4 Å². The number of halogens is 4. The van der Waals surface area contributed by atoms with Crippen LogP contribution >= 0.6 is 12.4 Å². The normalized spacial score (nSPS) is 22.0. The van der Waals surface area contributed by atoms with E-state index in [1.54, 1.807) is 12.1 Å². The topological polar surface area (TPSA) is 44.7 Å². The van der Waals surface area contributed by atoms with E-state index >= 15 is 0 Å². The highest BCUT2D eigenvalue weighted by molar-refractivity contribution is 5.85. The molecule has 4 nitrogen and oxygen atoms in total. The quantitative estimate of drug-likeness (QED) is 0.608. The van der Waals surface area contributed by atoms with Crippen molar-refractivity contribution in [3.05, 3.63) is 64.2 Å². The van der Waals surface area contributed by atoms with E-state index in [2.05, 4.69) is 16.3 Å². The molecule has 0 saturated carbocycles. The van der Waals surface area contributed by atoms with Crippen LogP contribution in [-0.2, 0) is 23.9 Å². The van der Waals surface area contributed by atoms with Gasteiger partial charge in [0.15, 0.2) is 0 Å². The van der Waals surface area contributed by atoms with E-state index in [0.29, 0.717) is 31.2 Å². The Hall–Kier alpha value is -1.80. The van der Waals surface area contributed by atoms with Crippen LogP contribution in [0.5, 0.6) is 5.75 Å². The van der Waals surface area contributed by atoms with Gasteiger partial charge in [-0.1, -0.05) is 24.3 Å². The van der Waals surface area contributed by atoms with E-state index < -0.39 is 11.7 Å². The summed E-state index contributed by atoms with van der Waals surface area (Å²) >= 11 is 0. The Bertz CT molecular complexity index is 928. The largest absolute Gasteiger partial charge is 0.507 e. The number of aryl methyl sites for hydroxylation is 1. The molecule has 182 valence electrons. The average molecular weight is 485 g/mol. The van der Waals surface area contributed by atoms with E-state index in [-0.39, 0.29) is 24.6 Å². The third-order valence-corrected chi connectivity index (χ3v) is 6.85. The summed E-state index contributed by atoms with van der Waals surface area (Å²) in [5.41, 5.74) is 3.25. The molecule has 1 fully saturated rings. The molecule has 0 unspecified atom stereocenters. The number of nitrogens with zero attached hydrogens (tertiary/aromatic N) is 1. The lowest BCUT2D eigenvalue weighted by molar-refractivity contribution is -0.137. The molecule has 4 rings (SSSR count). The van der Waals surface area contributed by atoms with Gasteiger partial charge in [-0.3, -0.25) is 4.90 Å². The van der Waals surface area contributed by atoms with Crippen molar-refractivity contribution in [1.29, 1.82) is 0 Å². The second kappa shape index (κ2) is 10.6. The molecule has 2 aromatic carbocycles. The number of alkyl halides is 3. The molecule has 2 aliphatic heterocycles. The molecule has 8 heteroatoms. The van der Waals surface area contributed by atoms with Crippen LogP contribution in [0.1, 0.15) is 46.8 Å². The highest BCUT2D eigenvalue weighted by Gasteiger charge is 2.36. The molecule has 0 radical (unpaired) electrons. The predicted octanol–water partition coefficient (Wildman–Crippen LogP) is 5.26. The van der Waals surface area contributed by atoms with Crippen molar-refractivity contribution < 1.29 is 23.0 Å². The Morgan fingerprint density at radius 1 is 1.09 bits per heavy atom. The molecule has 33 heavy (non-hydrogen) atoms. The standard InChI is InChI=1S/C25H31F3N2O2.ClH/c1-16-3-8-20-21(24(16)31)13-22(32-23(20)14-29-2)18-9-11-30(12-10-18)15-17-4-6-19(7-5-17)25(26,27)28;/h3-8,18,22-23,29,31H,9-15H2,1-2H3;1H/t22-,23-;/m0./s1. The Morgan fingerprint density at radius 2 is 1.76 bits per heavy atom. The number of hydrogen-bond donors (Lipinski definition) is 2. The minimum absolute atomic E-state index is 0. The van der Waals surface area contributed by atoms with E-state index in [0.717, 1.165) is 60.3 Å². The Labute approximate surface area is 199 Å². The summed E-state index contributed by atoms with van der Waals surface area (Å²) < 4.78 is 44.8. The van der Waals surface area contributed by atoms with Crippen molar-refractivity contribution in [1.82, 2.24) is 10.2 Å². The van der Waals surface area contributed by atoms with Crippen LogP contribution in [0, 0.1) is 12.8 Å². The Balaban J connectivity index is 0.00000306. The summed E-state index contributed by atoms with van der Waals surface area (Å²) in [6.07, 6.45) is -1.66. The number of aromatic hydroxyl groups is 1. The van der Waals surface area contributed by atoms with Crippen LogP contribution in [0.3, 0.4) is 0 Å². The number of phenolic OH excluding ortho intramolecular Hbond substituents is 1. The number of nitrogens with one attached hydrogen (secondary N) is 1. The molecule has 0 bridgehead atoms. The Morgan fingerprint density at radius 3 is 2.36 bits per heavy atom. The Kier molecular flexibility index (Phi) is 8.32. The van der Waals surface area contributed by atoms with Crippen molar-refractivity contribution in [3.8, 4) is 5.75 Å². The number of rotatable bonds is 5. The first kappa shape index (κ1) is 25.8. The summed E-state index contributed by atoms with van der Waals surface area (Å²) in [4.78, 5) is 2.29. The van der Waals surface area contributed by atoms with Gasteiger partial charge < -0.3 is 15.2 Å². The number of hydrogen-bond acceptors (Lipinski definition) is 4. The van der Waals surface area contributed by atoms with Crippen molar-refractivity contribution in [3.63, 3.8) is 0 Å². The van der Waals surface area contributed by atoms with Crippen molar-refractivity contribution in [2.45, 2.75) is 51.1 Å². The molecule has 2 aliphatic rings. The van der Waals surface area contributed by atoms with Gasteiger partial charge in [-0.25, -0.2) is 0 Å². The molecule has 1 saturated heterocycles. The molecule has 0 aliphatic carbocycles. The fourth-order valence-electron chi connectivity index (χ4n) is 4.98. The third kappa shape index (κ3) is 5.83. The first-order chi connectivity index (χ1) is 15.3. The SMILES string of the molecule is CNC[C@@H]1O[C@H](C2CCN(Cc3ccc(C(F)(F)F)cc3)CC2)Cc2c1ccc(C)c2O.Cl. The molecule has 0 amide bonds. The molecule has 2 atom stereocenters.